The zero-order valence-corrected chi connectivity index (χ0v) is 7.45. The lowest BCUT2D eigenvalue weighted by atomic mass is 10.7. The Bertz CT molecular complexity index is 165. The van der Waals surface area contributed by atoms with Crippen LogP contribution in [0.2, 0.25) is 0 Å². The molecule has 0 saturated carbocycles. The Hall–Kier alpha value is -0.330. The average molecular weight is 199 g/mol. The van der Waals surface area contributed by atoms with Gasteiger partial charge in [0.25, 0.3) is 0 Å². The third kappa shape index (κ3) is 7.77. The van der Waals surface area contributed by atoms with E-state index in [1.807, 2.05) is 0 Å². The fraction of sp³-hybridized carbons (Fsp3) is 0.833. The number of halogens is 3. The van der Waals surface area contributed by atoms with Crippen molar-refractivity contribution in [2.24, 2.45) is 0 Å². The molecular weight excluding hydrogens is 190 g/mol. The van der Waals surface area contributed by atoms with Gasteiger partial charge >= 0.3 is 6.18 Å². The monoisotopic (exact) mass is 199 g/mol. The molecule has 0 rings (SSSR count). The summed E-state index contributed by atoms with van der Waals surface area (Å²) in [7, 11) is -1.08. The number of nitrogens with zero attached hydrogens (tertiary/aromatic N) is 1. The summed E-state index contributed by atoms with van der Waals surface area (Å²) in [6.07, 6.45) is -3.84. The second-order valence-electron chi connectivity index (χ2n) is 2.12. The van der Waals surface area contributed by atoms with E-state index in [4.69, 9.17) is 6.57 Å². The van der Waals surface area contributed by atoms with Crippen molar-refractivity contribution in [1.82, 2.24) is 0 Å². The summed E-state index contributed by atoms with van der Waals surface area (Å²) in [5.74, 6) is 0. The molecule has 0 amide bonds. The van der Waals surface area contributed by atoms with Crippen molar-refractivity contribution in [3.8, 4) is 0 Å². The van der Waals surface area contributed by atoms with Gasteiger partial charge in [-0.25, -0.2) is 6.57 Å². The van der Waals surface area contributed by atoms with Crippen LogP contribution in [-0.4, -0.2) is 32.2 Å². The first-order chi connectivity index (χ1) is 5.45. The predicted molar refractivity (Wildman–Crippen MR) is 41.2 cm³/mol. The van der Waals surface area contributed by atoms with Crippen molar-refractivity contribution in [2.45, 2.75) is 6.18 Å². The van der Waals surface area contributed by atoms with Crippen LogP contribution >= 0.6 is 8.15 Å². The van der Waals surface area contributed by atoms with Gasteiger partial charge in [0.15, 0.2) is 0 Å². The van der Waals surface area contributed by atoms with Crippen LogP contribution in [0.1, 0.15) is 0 Å². The molecule has 6 heteroatoms. The molecule has 0 N–H and O–H groups in total. The molecule has 0 bridgehead atoms. The molecular formula is C6H9F3NOP. The van der Waals surface area contributed by atoms with Gasteiger partial charge in [0, 0.05) is 8.15 Å². The third-order valence-corrected chi connectivity index (χ3v) is 2.37. The van der Waals surface area contributed by atoms with Crippen molar-refractivity contribution in [3.63, 3.8) is 0 Å². The lowest BCUT2D eigenvalue weighted by Gasteiger charge is -2.11. The van der Waals surface area contributed by atoms with E-state index >= 15 is 0 Å². The van der Waals surface area contributed by atoms with Crippen LogP contribution in [0.5, 0.6) is 0 Å². The van der Waals surface area contributed by atoms with Crippen LogP contribution in [0.25, 0.3) is 4.85 Å². The van der Waals surface area contributed by atoms with E-state index in [1.54, 1.807) is 6.66 Å². The minimum Gasteiger partial charge on any atom is -0.350 e. The SMILES string of the molecule is [C-]#[N+]CCP(C)OCC(F)(F)F. The predicted octanol–water partition coefficient (Wildman–Crippen LogP) is 2.51. The van der Waals surface area contributed by atoms with Crippen LogP contribution in [0, 0.1) is 6.57 Å². The van der Waals surface area contributed by atoms with Crippen LogP contribution in [0.4, 0.5) is 13.2 Å². The largest absolute Gasteiger partial charge is 0.412 e. The molecule has 0 aliphatic carbocycles. The van der Waals surface area contributed by atoms with Gasteiger partial charge in [-0.3, -0.25) is 0 Å². The van der Waals surface area contributed by atoms with E-state index in [0.717, 1.165) is 0 Å². The molecule has 70 valence electrons. The highest BCUT2D eigenvalue weighted by Gasteiger charge is 2.28. The van der Waals surface area contributed by atoms with Crippen molar-refractivity contribution in [3.05, 3.63) is 11.4 Å². The Morgan fingerprint density at radius 2 is 2.08 bits per heavy atom. The molecule has 0 aromatic rings. The first kappa shape index (κ1) is 11.7. The lowest BCUT2D eigenvalue weighted by molar-refractivity contribution is -0.152. The second kappa shape index (κ2) is 5.34. The Morgan fingerprint density at radius 3 is 2.50 bits per heavy atom. The fourth-order valence-corrected chi connectivity index (χ4v) is 1.32. The van der Waals surface area contributed by atoms with E-state index in [0.29, 0.717) is 6.16 Å². The molecule has 0 aliphatic heterocycles. The molecule has 0 aromatic carbocycles. The quantitative estimate of drug-likeness (QED) is 0.501. The van der Waals surface area contributed by atoms with Gasteiger partial charge in [-0.1, -0.05) is 0 Å². The van der Waals surface area contributed by atoms with Crippen molar-refractivity contribution in [2.75, 3.05) is 26.0 Å². The van der Waals surface area contributed by atoms with E-state index in [2.05, 4.69) is 9.37 Å². The highest BCUT2D eigenvalue weighted by atomic mass is 31.1. The average Bonchev–Trinajstić information content (AvgIpc) is 1.95. The summed E-state index contributed by atoms with van der Waals surface area (Å²) in [6, 6.07) is 0. The van der Waals surface area contributed by atoms with Gasteiger partial charge in [0.1, 0.15) is 6.61 Å². The second-order valence-corrected chi connectivity index (χ2v) is 4.08. The minimum absolute atomic E-state index is 0.236. The van der Waals surface area contributed by atoms with E-state index in [9.17, 15) is 13.2 Å². The van der Waals surface area contributed by atoms with Crippen LogP contribution in [0.15, 0.2) is 0 Å². The van der Waals surface area contributed by atoms with Gasteiger partial charge in [0.05, 0.1) is 6.16 Å². The molecule has 1 unspecified atom stereocenters. The van der Waals surface area contributed by atoms with Crippen LogP contribution in [-0.2, 0) is 4.52 Å². The summed E-state index contributed by atoms with van der Waals surface area (Å²) in [5.41, 5.74) is 0. The van der Waals surface area contributed by atoms with Gasteiger partial charge in [-0.15, -0.1) is 0 Å². The topological polar surface area (TPSA) is 13.6 Å². The van der Waals surface area contributed by atoms with Crippen molar-refractivity contribution in [1.29, 1.82) is 0 Å². The molecule has 0 aromatic heterocycles. The maximum atomic E-state index is 11.6. The first-order valence-corrected chi connectivity index (χ1v) is 5.09. The minimum atomic E-state index is -4.26. The molecule has 0 radical (unpaired) electrons. The summed E-state index contributed by atoms with van der Waals surface area (Å²) in [4.78, 5) is 3.03. The van der Waals surface area contributed by atoms with Crippen molar-refractivity contribution >= 4 is 8.15 Å². The summed E-state index contributed by atoms with van der Waals surface area (Å²) in [6.45, 7) is 7.03. The molecule has 12 heavy (non-hydrogen) atoms. The van der Waals surface area contributed by atoms with Crippen molar-refractivity contribution < 1.29 is 17.7 Å². The molecule has 0 fully saturated rings. The van der Waals surface area contributed by atoms with Gasteiger partial charge < -0.3 is 9.37 Å². The van der Waals surface area contributed by atoms with Gasteiger partial charge in [-0.05, 0) is 6.66 Å². The van der Waals surface area contributed by atoms with Crippen LogP contribution in [0.3, 0.4) is 0 Å². The standard InChI is InChI=1S/C6H9F3NOP/c1-10-3-4-12(2)11-5-6(7,8)9/h3-5H2,2H3. The summed E-state index contributed by atoms with van der Waals surface area (Å²) >= 11 is 0. The third-order valence-electron chi connectivity index (χ3n) is 0.975. The van der Waals surface area contributed by atoms with Gasteiger partial charge in [0.2, 0.25) is 6.54 Å². The van der Waals surface area contributed by atoms with E-state index < -0.39 is 20.9 Å². The van der Waals surface area contributed by atoms with E-state index in [-0.39, 0.29) is 6.54 Å². The molecule has 0 heterocycles. The number of hydrogen-bond donors (Lipinski definition) is 0. The maximum Gasteiger partial charge on any atom is 0.412 e. The normalized spacial score (nSPS) is 13.9. The smallest absolute Gasteiger partial charge is 0.350 e. The Kier molecular flexibility index (Phi) is 5.19. The maximum absolute atomic E-state index is 11.6. The fourth-order valence-electron chi connectivity index (χ4n) is 0.439. The summed E-state index contributed by atoms with van der Waals surface area (Å²) < 4.78 is 39.2. The molecule has 2 nitrogen and oxygen atoms in total. The highest BCUT2D eigenvalue weighted by molar-refractivity contribution is 7.51. The lowest BCUT2D eigenvalue weighted by Crippen LogP contribution is -2.15. The Morgan fingerprint density at radius 1 is 1.50 bits per heavy atom. The number of alkyl halides is 3. The highest BCUT2D eigenvalue weighted by Crippen LogP contribution is 2.33. The first-order valence-electron chi connectivity index (χ1n) is 3.20. The summed E-state index contributed by atoms with van der Waals surface area (Å²) in [5, 5.41) is 0. The zero-order valence-electron chi connectivity index (χ0n) is 6.56. The Labute approximate surface area is 70.4 Å². The molecule has 1 atom stereocenters. The zero-order chi connectivity index (χ0) is 9.61. The van der Waals surface area contributed by atoms with E-state index in [1.165, 1.54) is 0 Å². The van der Waals surface area contributed by atoms with Crippen LogP contribution < -0.4 is 0 Å². The Balaban J connectivity index is 3.45. The number of hydrogen-bond acceptors (Lipinski definition) is 1. The molecule has 0 saturated heterocycles. The molecule has 0 spiro atoms. The number of rotatable bonds is 4. The van der Waals surface area contributed by atoms with Gasteiger partial charge in [-0.2, -0.15) is 13.2 Å². The molecule has 0 aliphatic rings.